The van der Waals surface area contributed by atoms with Crippen molar-refractivity contribution < 1.29 is 0 Å². The third-order valence-corrected chi connectivity index (χ3v) is 3.21. The predicted octanol–water partition coefficient (Wildman–Crippen LogP) is 2.71. The summed E-state index contributed by atoms with van der Waals surface area (Å²) in [5.74, 6) is 0. The number of benzene rings is 2. The molecular weight excluding hydrogens is 220 g/mol. The van der Waals surface area contributed by atoms with Crippen LogP contribution in [0.5, 0.6) is 0 Å². The van der Waals surface area contributed by atoms with Gasteiger partial charge in [0.2, 0.25) is 0 Å². The summed E-state index contributed by atoms with van der Waals surface area (Å²) >= 11 is 0. The number of nitrogens with two attached hydrogens (primary N) is 1. The molecule has 2 heteroatoms. The minimum atomic E-state index is 0.798. The molecule has 0 radical (unpaired) electrons. The number of hydrogen-bond acceptors (Lipinski definition) is 2. The molecule has 0 fully saturated rings. The Morgan fingerprint density at radius 1 is 0.889 bits per heavy atom. The Morgan fingerprint density at radius 3 is 2.56 bits per heavy atom. The van der Waals surface area contributed by atoms with Crippen molar-refractivity contribution in [2.24, 2.45) is 5.73 Å². The Balaban J connectivity index is 1.81. The van der Waals surface area contributed by atoms with E-state index in [9.17, 15) is 0 Å². The standard InChI is InChI=1S/C16H22N2/c17-10-3-4-11-18-12-9-14-7-8-15-5-1-2-6-16(15)13-14/h1-2,5-8,13,18H,3-4,9-12,17H2. The largest absolute Gasteiger partial charge is 0.330 e. The van der Waals surface area contributed by atoms with Gasteiger partial charge in [0.1, 0.15) is 0 Å². The van der Waals surface area contributed by atoms with Gasteiger partial charge in [0.25, 0.3) is 0 Å². The zero-order chi connectivity index (χ0) is 12.6. The molecule has 0 aromatic heterocycles. The second-order valence-electron chi connectivity index (χ2n) is 4.68. The van der Waals surface area contributed by atoms with Crippen LogP contribution in [0, 0.1) is 0 Å². The molecule has 2 aromatic rings. The summed E-state index contributed by atoms with van der Waals surface area (Å²) in [5.41, 5.74) is 6.86. The molecule has 0 bridgehead atoms. The fraction of sp³-hybridized carbons (Fsp3) is 0.375. The van der Waals surface area contributed by atoms with Crippen molar-refractivity contribution in [3.8, 4) is 0 Å². The molecule has 0 amide bonds. The first-order chi connectivity index (χ1) is 8.90. The van der Waals surface area contributed by atoms with Crippen LogP contribution < -0.4 is 11.1 Å². The van der Waals surface area contributed by atoms with Gasteiger partial charge in [0, 0.05) is 0 Å². The smallest absolute Gasteiger partial charge is 0.000835 e. The van der Waals surface area contributed by atoms with Crippen molar-refractivity contribution >= 4 is 10.8 Å². The van der Waals surface area contributed by atoms with Crippen molar-refractivity contribution in [1.82, 2.24) is 5.32 Å². The van der Waals surface area contributed by atoms with Gasteiger partial charge in [-0.25, -0.2) is 0 Å². The molecule has 0 aliphatic heterocycles. The van der Waals surface area contributed by atoms with E-state index < -0.39 is 0 Å². The molecule has 0 spiro atoms. The van der Waals surface area contributed by atoms with Crippen LogP contribution in [-0.4, -0.2) is 19.6 Å². The van der Waals surface area contributed by atoms with Gasteiger partial charge in [-0.05, 0) is 55.2 Å². The maximum atomic E-state index is 5.46. The van der Waals surface area contributed by atoms with E-state index >= 15 is 0 Å². The molecule has 2 rings (SSSR count). The van der Waals surface area contributed by atoms with Gasteiger partial charge in [0.15, 0.2) is 0 Å². The van der Waals surface area contributed by atoms with Crippen LogP contribution in [0.15, 0.2) is 42.5 Å². The van der Waals surface area contributed by atoms with E-state index in [-0.39, 0.29) is 0 Å². The topological polar surface area (TPSA) is 38.0 Å². The molecule has 0 aliphatic rings. The van der Waals surface area contributed by atoms with Crippen molar-refractivity contribution in [2.75, 3.05) is 19.6 Å². The SMILES string of the molecule is NCCCCNCCc1ccc2ccccc2c1. The van der Waals surface area contributed by atoms with Crippen LogP contribution >= 0.6 is 0 Å². The number of unbranched alkanes of at least 4 members (excludes halogenated alkanes) is 1. The number of nitrogens with one attached hydrogen (secondary N) is 1. The molecule has 3 N–H and O–H groups in total. The minimum Gasteiger partial charge on any atom is -0.330 e. The third kappa shape index (κ3) is 3.83. The number of hydrogen-bond donors (Lipinski definition) is 2. The molecule has 2 nitrogen and oxygen atoms in total. The van der Waals surface area contributed by atoms with E-state index in [0.29, 0.717) is 0 Å². The zero-order valence-corrected chi connectivity index (χ0v) is 10.9. The van der Waals surface area contributed by atoms with Crippen molar-refractivity contribution in [2.45, 2.75) is 19.3 Å². The quantitative estimate of drug-likeness (QED) is 0.733. The van der Waals surface area contributed by atoms with E-state index in [1.165, 1.54) is 22.8 Å². The van der Waals surface area contributed by atoms with Gasteiger partial charge >= 0.3 is 0 Å². The Morgan fingerprint density at radius 2 is 1.72 bits per heavy atom. The first kappa shape index (κ1) is 13.1. The highest BCUT2D eigenvalue weighted by Gasteiger charge is 1.96. The van der Waals surface area contributed by atoms with Gasteiger partial charge in [-0.2, -0.15) is 0 Å². The Labute approximate surface area is 109 Å². The van der Waals surface area contributed by atoms with Gasteiger partial charge in [-0.3, -0.25) is 0 Å². The van der Waals surface area contributed by atoms with E-state index in [1.54, 1.807) is 0 Å². The van der Waals surface area contributed by atoms with Gasteiger partial charge in [-0.15, -0.1) is 0 Å². The first-order valence-electron chi connectivity index (χ1n) is 6.78. The lowest BCUT2D eigenvalue weighted by molar-refractivity contribution is 0.627. The van der Waals surface area contributed by atoms with E-state index in [4.69, 9.17) is 5.73 Å². The second-order valence-corrected chi connectivity index (χ2v) is 4.68. The Kier molecular flexibility index (Phi) is 5.18. The maximum absolute atomic E-state index is 5.46. The maximum Gasteiger partial charge on any atom is -0.000835 e. The lowest BCUT2D eigenvalue weighted by atomic mass is 10.1. The molecule has 0 saturated heterocycles. The highest BCUT2D eigenvalue weighted by Crippen LogP contribution is 2.15. The average Bonchev–Trinajstić information content (AvgIpc) is 2.42. The predicted molar refractivity (Wildman–Crippen MR) is 78.8 cm³/mol. The highest BCUT2D eigenvalue weighted by molar-refractivity contribution is 5.82. The lowest BCUT2D eigenvalue weighted by Gasteiger charge is -2.06. The minimum absolute atomic E-state index is 0.798. The van der Waals surface area contributed by atoms with Gasteiger partial charge in [-0.1, -0.05) is 42.5 Å². The van der Waals surface area contributed by atoms with Crippen molar-refractivity contribution in [3.63, 3.8) is 0 Å². The molecule has 0 saturated carbocycles. The average molecular weight is 242 g/mol. The fourth-order valence-electron chi connectivity index (χ4n) is 2.15. The summed E-state index contributed by atoms with van der Waals surface area (Å²) in [6.07, 6.45) is 3.38. The fourth-order valence-corrected chi connectivity index (χ4v) is 2.15. The molecule has 18 heavy (non-hydrogen) atoms. The molecule has 0 unspecified atom stereocenters. The lowest BCUT2D eigenvalue weighted by Crippen LogP contribution is -2.19. The van der Waals surface area contributed by atoms with Crippen LogP contribution in [-0.2, 0) is 6.42 Å². The monoisotopic (exact) mass is 242 g/mol. The summed E-state index contributed by atoms with van der Waals surface area (Å²) in [7, 11) is 0. The van der Waals surface area contributed by atoms with E-state index in [1.807, 2.05) is 0 Å². The summed E-state index contributed by atoms with van der Waals surface area (Å²) in [6.45, 7) is 2.92. The van der Waals surface area contributed by atoms with E-state index in [0.717, 1.165) is 32.5 Å². The van der Waals surface area contributed by atoms with Gasteiger partial charge < -0.3 is 11.1 Å². The molecule has 0 atom stereocenters. The van der Waals surface area contributed by atoms with Crippen LogP contribution in [0.3, 0.4) is 0 Å². The normalized spacial score (nSPS) is 10.9. The second kappa shape index (κ2) is 7.14. The highest BCUT2D eigenvalue weighted by atomic mass is 14.8. The van der Waals surface area contributed by atoms with Crippen LogP contribution in [0.2, 0.25) is 0 Å². The van der Waals surface area contributed by atoms with Crippen LogP contribution in [0.4, 0.5) is 0 Å². The first-order valence-corrected chi connectivity index (χ1v) is 6.78. The molecule has 2 aromatic carbocycles. The molecule has 0 aliphatic carbocycles. The number of rotatable bonds is 7. The zero-order valence-electron chi connectivity index (χ0n) is 10.9. The summed E-state index contributed by atoms with van der Waals surface area (Å²) < 4.78 is 0. The van der Waals surface area contributed by atoms with Crippen LogP contribution in [0.1, 0.15) is 18.4 Å². The Bertz CT molecular complexity index is 479. The van der Waals surface area contributed by atoms with Crippen molar-refractivity contribution in [1.29, 1.82) is 0 Å². The van der Waals surface area contributed by atoms with E-state index in [2.05, 4.69) is 47.8 Å². The van der Waals surface area contributed by atoms with Crippen molar-refractivity contribution in [3.05, 3.63) is 48.0 Å². The summed E-state index contributed by atoms with van der Waals surface area (Å²) in [5, 5.41) is 6.11. The molecule has 0 heterocycles. The summed E-state index contributed by atoms with van der Waals surface area (Å²) in [4.78, 5) is 0. The third-order valence-electron chi connectivity index (χ3n) is 3.21. The number of fused-ring (bicyclic) bond motifs is 1. The van der Waals surface area contributed by atoms with Crippen LogP contribution in [0.25, 0.3) is 10.8 Å². The Hall–Kier alpha value is -1.38. The molecular formula is C16H22N2. The van der Waals surface area contributed by atoms with Gasteiger partial charge in [0.05, 0.1) is 0 Å². The summed E-state index contributed by atoms with van der Waals surface area (Å²) in [6, 6.07) is 15.2. The molecule has 96 valence electrons.